The Kier molecular flexibility index (Phi) is 5.28. The molecule has 0 unspecified atom stereocenters. The van der Waals surface area contributed by atoms with Gasteiger partial charge in [0.25, 0.3) is 0 Å². The number of methoxy groups -OCH3 is 1. The van der Waals surface area contributed by atoms with Crippen LogP contribution in [0.1, 0.15) is 18.5 Å². The first-order valence-corrected chi connectivity index (χ1v) is 6.68. The number of amides is 2. The largest absolute Gasteiger partial charge is 0.383 e. The van der Waals surface area contributed by atoms with Gasteiger partial charge in [-0.1, -0.05) is 0 Å². The molecule has 2 heterocycles. The number of rotatable bonds is 6. The zero-order chi connectivity index (χ0) is 15.1. The molecule has 0 radical (unpaired) electrons. The minimum absolute atomic E-state index is 0.100. The number of hydrogen-bond donors (Lipinski definition) is 2. The average molecular weight is 289 g/mol. The predicted molar refractivity (Wildman–Crippen MR) is 78.9 cm³/mol. The highest BCUT2D eigenvalue weighted by atomic mass is 16.5. The van der Waals surface area contributed by atoms with E-state index in [1.165, 1.54) is 0 Å². The van der Waals surface area contributed by atoms with Crippen LogP contribution in [0.15, 0.2) is 36.9 Å². The highest BCUT2D eigenvalue weighted by Gasteiger charge is 2.10. The Hall–Kier alpha value is -2.41. The van der Waals surface area contributed by atoms with Crippen LogP contribution in [-0.2, 0) is 11.3 Å². The molecule has 2 aromatic heterocycles. The lowest BCUT2D eigenvalue weighted by molar-refractivity contribution is 0.183. The fourth-order valence-corrected chi connectivity index (χ4v) is 1.83. The number of anilines is 1. The van der Waals surface area contributed by atoms with Crippen LogP contribution in [0.2, 0.25) is 0 Å². The van der Waals surface area contributed by atoms with Crippen LogP contribution < -0.4 is 10.6 Å². The maximum Gasteiger partial charge on any atom is 0.319 e. The summed E-state index contributed by atoms with van der Waals surface area (Å²) >= 11 is 0. The van der Waals surface area contributed by atoms with Gasteiger partial charge >= 0.3 is 6.03 Å². The average Bonchev–Trinajstić information content (AvgIpc) is 2.93. The molecular weight excluding hydrogens is 270 g/mol. The Balaban J connectivity index is 1.85. The predicted octanol–water partition coefficient (Wildman–Crippen LogP) is 1.81. The zero-order valence-corrected chi connectivity index (χ0v) is 12.1. The summed E-state index contributed by atoms with van der Waals surface area (Å²) in [7, 11) is 1.64. The quantitative estimate of drug-likeness (QED) is 0.849. The van der Waals surface area contributed by atoms with Crippen molar-refractivity contribution in [2.24, 2.45) is 0 Å². The van der Waals surface area contributed by atoms with Gasteiger partial charge in [-0.3, -0.25) is 9.67 Å². The molecule has 0 saturated carbocycles. The van der Waals surface area contributed by atoms with E-state index in [1.807, 2.05) is 19.1 Å². The van der Waals surface area contributed by atoms with Crippen LogP contribution >= 0.6 is 0 Å². The molecule has 2 aromatic rings. The maximum absolute atomic E-state index is 11.9. The van der Waals surface area contributed by atoms with Crippen molar-refractivity contribution in [2.75, 3.05) is 19.0 Å². The minimum atomic E-state index is -0.273. The van der Waals surface area contributed by atoms with Gasteiger partial charge in [0.2, 0.25) is 0 Å². The number of urea groups is 1. The first kappa shape index (κ1) is 15.0. The van der Waals surface area contributed by atoms with Gasteiger partial charge in [0.05, 0.1) is 31.1 Å². The van der Waals surface area contributed by atoms with Gasteiger partial charge in [0, 0.05) is 25.7 Å². The van der Waals surface area contributed by atoms with E-state index in [9.17, 15) is 4.79 Å². The SMILES string of the molecule is COCCn1cc(NC(=O)N[C@H](C)c2ccncc2)cn1. The second-order valence-corrected chi connectivity index (χ2v) is 4.59. The van der Waals surface area contributed by atoms with E-state index >= 15 is 0 Å². The highest BCUT2D eigenvalue weighted by Crippen LogP contribution is 2.11. The topological polar surface area (TPSA) is 81.1 Å². The van der Waals surface area contributed by atoms with Gasteiger partial charge in [0.15, 0.2) is 0 Å². The van der Waals surface area contributed by atoms with Gasteiger partial charge in [-0.15, -0.1) is 0 Å². The van der Waals surface area contributed by atoms with Crippen molar-refractivity contribution in [3.8, 4) is 0 Å². The second kappa shape index (κ2) is 7.39. The Morgan fingerprint density at radius 1 is 1.43 bits per heavy atom. The monoisotopic (exact) mass is 289 g/mol. The van der Waals surface area contributed by atoms with Crippen molar-refractivity contribution in [1.82, 2.24) is 20.1 Å². The Bertz CT molecular complexity index is 570. The number of aromatic nitrogens is 3. The molecule has 112 valence electrons. The molecule has 0 spiro atoms. The van der Waals surface area contributed by atoms with Crippen molar-refractivity contribution in [3.63, 3.8) is 0 Å². The summed E-state index contributed by atoms with van der Waals surface area (Å²) in [5, 5.41) is 9.74. The number of carbonyl (C=O) groups excluding carboxylic acids is 1. The van der Waals surface area contributed by atoms with Crippen molar-refractivity contribution in [1.29, 1.82) is 0 Å². The summed E-state index contributed by atoms with van der Waals surface area (Å²) in [5.74, 6) is 0. The molecule has 0 aliphatic carbocycles. The molecule has 0 bridgehead atoms. The number of nitrogens with zero attached hydrogens (tertiary/aromatic N) is 3. The van der Waals surface area contributed by atoms with Gasteiger partial charge in [-0.25, -0.2) is 4.79 Å². The first-order valence-electron chi connectivity index (χ1n) is 6.68. The lowest BCUT2D eigenvalue weighted by Gasteiger charge is -2.14. The zero-order valence-electron chi connectivity index (χ0n) is 12.1. The van der Waals surface area contributed by atoms with E-state index in [0.717, 1.165) is 5.56 Å². The molecular formula is C14H19N5O2. The third-order valence-electron chi connectivity index (χ3n) is 2.97. The van der Waals surface area contributed by atoms with E-state index in [1.54, 1.807) is 36.6 Å². The van der Waals surface area contributed by atoms with Gasteiger partial charge in [-0.05, 0) is 24.6 Å². The van der Waals surface area contributed by atoms with Crippen LogP contribution in [0, 0.1) is 0 Å². The molecule has 0 aliphatic rings. The number of hydrogen-bond acceptors (Lipinski definition) is 4. The van der Waals surface area contributed by atoms with Crippen LogP contribution in [0.5, 0.6) is 0 Å². The Morgan fingerprint density at radius 3 is 2.90 bits per heavy atom. The van der Waals surface area contributed by atoms with Gasteiger partial charge < -0.3 is 15.4 Å². The molecule has 0 aliphatic heterocycles. The number of pyridine rings is 1. The van der Waals surface area contributed by atoms with Crippen molar-refractivity contribution in [2.45, 2.75) is 19.5 Å². The summed E-state index contributed by atoms with van der Waals surface area (Å²) < 4.78 is 6.69. The summed E-state index contributed by atoms with van der Waals surface area (Å²) in [6.45, 7) is 3.14. The molecule has 0 aromatic carbocycles. The van der Waals surface area contributed by atoms with E-state index in [4.69, 9.17) is 4.74 Å². The Labute approximate surface area is 123 Å². The molecule has 2 amide bonds. The van der Waals surface area contributed by atoms with Crippen LogP contribution in [0.3, 0.4) is 0 Å². The number of nitrogens with one attached hydrogen (secondary N) is 2. The smallest absolute Gasteiger partial charge is 0.319 e. The third kappa shape index (κ3) is 4.57. The molecule has 21 heavy (non-hydrogen) atoms. The van der Waals surface area contributed by atoms with Crippen molar-refractivity contribution < 1.29 is 9.53 Å². The molecule has 0 saturated heterocycles. The van der Waals surface area contributed by atoms with Crippen LogP contribution in [0.4, 0.5) is 10.5 Å². The van der Waals surface area contributed by atoms with E-state index in [0.29, 0.717) is 18.8 Å². The lowest BCUT2D eigenvalue weighted by Crippen LogP contribution is -2.31. The molecule has 0 fully saturated rings. The molecule has 1 atom stereocenters. The Morgan fingerprint density at radius 2 is 2.19 bits per heavy atom. The fraction of sp³-hybridized carbons (Fsp3) is 0.357. The normalized spacial score (nSPS) is 11.9. The van der Waals surface area contributed by atoms with E-state index in [-0.39, 0.29) is 12.1 Å². The summed E-state index contributed by atoms with van der Waals surface area (Å²) in [6.07, 6.45) is 6.76. The third-order valence-corrected chi connectivity index (χ3v) is 2.97. The van der Waals surface area contributed by atoms with Crippen molar-refractivity contribution in [3.05, 3.63) is 42.5 Å². The van der Waals surface area contributed by atoms with Crippen LogP contribution in [-0.4, -0.2) is 34.5 Å². The second-order valence-electron chi connectivity index (χ2n) is 4.59. The molecule has 7 nitrogen and oxygen atoms in total. The summed E-state index contributed by atoms with van der Waals surface area (Å²) in [5.41, 5.74) is 1.64. The highest BCUT2D eigenvalue weighted by molar-refractivity contribution is 5.89. The lowest BCUT2D eigenvalue weighted by atomic mass is 10.1. The molecule has 2 rings (SSSR count). The van der Waals surface area contributed by atoms with Gasteiger partial charge in [-0.2, -0.15) is 5.10 Å². The number of ether oxygens (including phenoxy) is 1. The maximum atomic E-state index is 11.9. The van der Waals surface area contributed by atoms with E-state index < -0.39 is 0 Å². The van der Waals surface area contributed by atoms with E-state index in [2.05, 4.69) is 20.7 Å². The fourth-order valence-electron chi connectivity index (χ4n) is 1.83. The summed E-state index contributed by atoms with van der Waals surface area (Å²) in [4.78, 5) is 15.9. The molecule has 2 N–H and O–H groups in total. The first-order chi connectivity index (χ1) is 10.2. The molecule has 7 heteroatoms. The summed E-state index contributed by atoms with van der Waals surface area (Å²) in [6, 6.07) is 3.36. The number of carbonyl (C=O) groups is 1. The van der Waals surface area contributed by atoms with Crippen LogP contribution in [0.25, 0.3) is 0 Å². The van der Waals surface area contributed by atoms with Gasteiger partial charge in [0.1, 0.15) is 0 Å². The standard InChI is InChI=1S/C14H19N5O2/c1-11(12-3-5-15-6-4-12)17-14(20)18-13-9-16-19(10-13)7-8-21-2/h3-6,9-11H,7-8H2,1-2H3,(H2,17,18,20)/t11-/m1/s1. The minimum Gasteiger partial charge on any atom is -0.383 e. The van der Waals surface area contributed by atoms with Crippen molar-refractivity contribution >= 4 is 11.7 Å².